The van der Waals surface area contributed by atoms with Crippen molar-refractivity contribution >= 4 is 5.91 Å². The van der Waals surface area contributed by atoms with E-state index in [-0.39, 0.29) is 5.91 Å². The third-order valence-corrected chi connectivity index (χ3v) is 1.98. The minimum absolute atomic E-state index is 0.00650. The molecule has 1 amide bonds. The summed E-state index contributed by atoms with van der Waals surface area (Å²) >= 11 is 0. The Kier molecular flexibility index (Phi) is 5.17. The van der Waals surface area contributed by atoms with Gasteiger partial charge in [0, 0.05) is 13.0 Å². The minimum Gasteiger partial charge on any atom is -0.354 e. The van der Waals surface area contributed by atoms with Gasteiger partial charge in [0.1, 0.15) is 0 Å². The number of nitrogens with one attached hydrogen (secondary N) is 2. The molecule has 3 heteroatoms. The summed E-state index contributed by atoms with van der Waals surface area (Å²) < 4.78 is 0. The third kappa shape index (κ3) is 4.54. The highest BCUT2D eigenvalue weighted by Crippen LogP contribution is 1.99. The van der Waals surface area contributed by atoms with Gasteiger partial charge in [0.15, 0.2) is 0 Å². The normalized spacial score (nSPS) is 10.6. The SMILES string of the molecule is C#CCCCNC(=O)C(C)(C)NC. The molecule has 0 spiro atoms. The van der Waals surface area contributed by atoms with Gasteiger partial charge in [-0.1, -0.05) is 0 Å². The lowest BCUT2D eigenvalue weighted by atomic mass is 10.1. The molecular weight excluding hydrogens is 164 g/mol. The van der Waals surface area contributed by atoms with Crippen LogP contribution in [0.5, 0.6) is 0 Å². The predicted octanol–water partition coefficient (Wildman–Crippen LogP) is 0.514. The van der Waals surface area contributed by atoms with Gasteiger partial charge in [-0.3, -0.25) is 4.79 Å². The molecule has 0 aromatic heterocycles. The van der Waals surface area contributed by atoms with Gasteiger partial charge in [0.05, 0.1) is 5.54 Å². The highest BCUT2D eigenvalue weighted by Gasteiger charge is 2.24. The van der Waals surface area contributed by atoms with Crippen LogP contribution in [0, 0.1) is 12.3 Å². The summed E-state index contributed by atoms with van der Waals surface area (Å²) in [6.45, 7) is 4.32. The lowest BCUT2D eigenvalue weighted by Gasteiger charge is -2.22. The second-order valence-electron chi connectivity index (χ2n) is 3.44. The molecule has 0 aromatic carbocycles. The van der Waals surface area contributed by atoms with Crippen molar-refractivity contribution < 1.29 is 4.79 Å². The minimum atomic E-state index is -0.504. The fourth-order valence-electron chi connectivity index (χ4n) is 0.727. The highest BCUT2D eigenvalue weighted by molar-refractivity contribution is 5.85. The van der Waals surface area contributed by atoms with Crippen LogP contribution in [0.15, 0.2) is 0 Å². The maximum absolute atomic E-state index is 11.4. The number of likely N-dealkylation sites (N-methyl/N-ethyl adjacent to an activating group) is 1. The molecule has 3 nitrogen and oxygen atoms in total. The van der Waals surface area contributed by atoms with Crippen molar-refractivity contribution in [1.82, 2.24) is 10.6 Å². The van der Waals surface area contributed by atoms with Crippen LogP contribution in [0.3, 0.4) is 0 Å². The Morgan fingerprint density at radius 1 is 1.54 bits per heavy atom. The molecule has 0 aromatic rings. The van der Waals surface area contributed by atoms with Gasteiger partial charge in [-0.2, -0.15) is 0 Å². The Hall–Kier alpha value is -1.01. The zero-order chi connectivity index (χ0) is 10.3. The topological polar surface area (TPSA) is 41.1 Å². The molecule has 0 saturated heterocycles. The summed E-state index contributed by atoms with van der Waals surface area (Å²) in [5.41, 5.74) is -0.504. The Labute approximate surface area is 80.3 Å². The van der Waals surface area contributed by atoms with Crippen molar-refractivity contribution in [1.29, 1.82) is 0 Å². The third-order valence-electron chi connectivity index (χ3n) is 1.98. The molecule has 0 unspecified atom stereocenters. The standard InChI is InChI=1S/C10H18N2O/c1-5-6-7-8-12-9(13)10(2,3)11-4/h1,11H,6-8H2,2-4H3,(H,12,13). The van der Waals surface area contributed by atoms with Crippen LogP contribution in [-0.4, -0.2) is 25.0 Å². The molecule has 0 heterocycles. The Morgan fingerprint density at radius 2 is 2.15 bits per heavy atom. The van der Waals surface area contributed by atoms with Crippen molar-refractivity contribution in [2.24, 2.45) is 0 Å². The van der Waals surface area contributed by atoms with E-state index in [4.69, 9.17) is 6.42 Å². The van der Waals surface area contributed by atoms with Crippen molar-refractivity contribution in [2.75, 3.05) is 13.6 Å². The van der Waals surface area contributed by atoms with Crippen LogP contribution in [0.1, 0.15) is 26.7 Å². The molecule has 0 bridgehead atoms. The quantitative estimate of drug-likeness (QED) is 0.480. The first kappa shape index (κ1) is 12.0. The number of hydrogen-bond donors (Lipinski definition) is 2. The number of carbonyl (C=O) groups excluding carboxylic acids is 1. The van der Waals surface area contributed by atoms with Gasteiger partial charge in [0.25, 0.3) is 0 Å². The van der Waals surface area contributed by atoms with Gasteiger partial charge >= 0.3 is 0 Å². The fourth-order valence-corrected chi connectivity index (χ4v) is 0.727. The molecule has 0 atom stereocenters. The molecule has 0 radical (unpaired) electrons. The fraction of sp³-hybridized carbons (Fsp3) is 0.700. The lowest BCUT2D eigenvalue weighted by molar-refractivity contribution is -0.126. The van der Waals surface area contributed by atoms with E-state index in [1.807, 2.05) is 13.8 Å². The first-order valence-electron chi connectivity index (χ1n) is 4.45. The van der Waals surface area contributed by atoms with Crippen LogP contribution >= 0.6 is 0 Å². The van der Waals surface area contributed by atoms with Crippen LogP contribution in [-0.2, 0) is 4.79 Å². The van der Waals surface area contributed by atoms with Gasteiger partial charge < -0.3 is 10.6 Å². The molecule has 0 aliphatic carbocycles. The monoisotopic (exact) mass is 182 g/mol. The zero-order valence-corrected chi connectivity index (χ0v) is 8.61. The maximum atomic E-state index is 11.4. The van der Waals surface area contributed by atoms with Crippen LogP contribution < -0.4 is 10.6 Å². The Bertz CT molecular complexity index is 203. The molecular formula is C10H18N2O. The van der Waals surface area contributed by atoms with Crippen LogP contribution in [0.25, 0.3) is 0 Å². The van der Waals surface area contributed by atoms with Crippen molar-refractivity contribution in [3.05, 3.63) is 0 Å². The number of terminal acetylenes is 1. The first-order valence-corrected chi connectivity index (χ1v) is 4.45. The van der Waals surface area contributed by atoms with E-state index < -0.39 is 5.54 Å². The van der Waals surface area contributed by atoms with Crippen molar-refractivity contribution in [3.63, 3.8) is 0 Å². The van der Waals surface area contributed by atoms with E-state index in [1.54, 1.807) is 7.05 Å². The second-order valence-corrected chi connectivity index (χ2v) is 3.44. The molecule has 74 valence electrons. The van der Waals surface area contributed by atoms with E-state index in [1.165, 1.54) is 0 Å². The number of rotatable bonds is 5. The summed E-state index contributed by atoms with van der Waals surface area (Å²) in [7, 11) is 1.76. The molecule has 0 rings (SSSR count). The molecule has 2 N–H and O–H groups in total. The van der Waals surface area contributed by atoms with Gasteiger partial charge in [0.2, 0.25) is 5.91 Å². The summed E-state index contributed by atoms with van der Waals surface area (Å²) in [6, 6.07) is 0. The van der Waals surface area contributed by atoms with Crippen molar-refractivity contribution in [2.45, 2.75) is 32.2 Å². The van der Waals surface area contributed by atoms with E-state index in [2.05, 4.69) is 16.6 Å². The number of unbranched alkanes of at least 4 members (excludes halogenated alkanes) is 1. The second kappa shape index (κ2) is 5.60. The number of amides is 1. The Balaban J connectivity index is 3.70. The molecule has 0 saturated carbocycles. The van der Waals surface area contributed by atoms with Gasteiger partial charge in [-0.15, -0.1) is 12.3 Å². The highest BCUT2D eigenvalue weighted by atomic mass is 16.2. The molecule has 0 aliphatic rings. The van der Waals surface area contributed by atoms with E-state index in [0.717, 1.165) is 6.42 Å². The molecule has 13 heavy (non-hydrogen) atoms. The van der Waals surface area contributed by atoms with E-state index in [9.17, 15) is 4.79 Å². The Morgan fingerprint density at radius 3 is 2.62 bits per heavy atom. The molecule has 0 fully saturated rings. The summed E-state index contributed by atoms with van der Waals surface area (Å²) in [6.07, 6.45) is 6.63. The van der Waals surface area contributed by atoms with E-state index >= 15 is 0 Å². The van der Waals surface area contributed by atoms with Gasteiger partial charge in [-0.25, -0.2) is 0 Å². The summed E-state index contributed by atoms with van der Waals surface area (Å²) in [4.78, 5) is 11.4. The largest absolute Gasteiger partial charge is 0.354 e. The van der Waals surface area contributed by atoms with E-state index in [0.29, 0.717) is 13.0 Å². The van der Waals surface area contributed by atoms with Crippen LogP contribution in [0.4, 0.5) is 0 Å². The predicted molar refractivity (Wildman–Crippen MR) is 54.2 cm³/mol. The average molecular weight is 182 g/mol. The summed E-state index contributed by atoms with van der Waals surface area (Å²) in [5, 5.41) is 5.74. The lowest BCUT2D eigenvalue weighted by Crippen LogP contribution is -2.51. The van der Waals surface area contributed by atoms with Crippen LogP contribution in [0.2, 0.25) is 0 Å². The maximum Gasteiger partial charge on any atom is 0.239 e. The zero-order valence-electron chi connectivity index (χ0n) is 8.61. The smallest absolute Gasteiger partial charge is 0.239 e. The van der Waals surface area contributed by atoms with Crippen molar-refractivity contribution in [3.8, 4) is 12.3 Å². The first-order chi connectivity index (χ1) is 6.04. The number of carbonyl (C=O) groups is 1. The van der Waals surface area contributed by atoms with Gasteiger partial charge in [-0.05, 0) is 27.3 Å². The molecule has 0 aliphatic heterocycles. The number of hydrogen-bond acceptors (Lipinski definition) is 2. The summed E-state index contributed by atoms with van der Waals surface area (Å²) in [5.74, 6) is 2.53. The average Bonchev–Trinajstić information content (AvgIpc) is 2.12.